The number of nitrogens with one attached hydrogen (secondary N) is 1. The third kappa shape index (κ3) is 5.62. The van der Waals surface area contributed by atoms with E-state index in [2.05, 4.69) is 14.9 Å². The molecule has 0 aliphatic carbocycles. The Bertz CT molecular complexity index is 1330. The minimum Gasteiger partial charge on any atom is -0.492 e. The van der Waals surface area contributed by atoms with E-state index in [0.717, 1.165) is 38.4 Å². The molecule has 35 heavy (non-hydrogen) atoms. The van der Waals surface area contributed by atoms with Crippen LogP contribution in [0.15, 0.2) is 71.8 Å². The molecule has 182 valence electrons. The summed E-state index contributed by atoms with van der Waals surface area (Å²) >= 11 is 0. The van der Waals surface area contributed by atoms with E-state index in [1.165, 1.54) is 4.40 Å². The molecule has 5 rings (SSSR count). The van der Waals surface area contributed by atoms with E-state index in [9.17, 15) is 9.59 Å². The summed E-state index contributed by atoms with van der Waals surface area (Å²) in [5.74, 6) is 0.751. The van der Waals surface area contributed by atoms with Gasteiger partial charge in [-0.2, -0.15) is 0 Å². The zero-order chi connectivity index (χ0) is 23.3. The summed E-state index contributed by atoms with van der Waals surface area (Å²) in [5.41, 5.74) is 1.55. The van der Waals surface area contributed by atoms with Gasteiger partial charge in [-0.25, -0.2) is 4.98 Å². The molecule has 0 radical (unpaired) electrons. The van der Waals surface area contributed by atoms with Crippen LogP contribution in [0.5, 0.6) is 5.75 Å². The monoisotopic (exact) mass is 494 g/mol. The van der Waals surface area contributed by atoms with Crippen LogP contribution in [-0.4, -0.2) is 64.5 Å². The molecule has 2 aromatic carbocycles. The van der Waals surface area contributed by atoms with Crippen LogP contribution in [0.3, 0.4) is 0 Å². The SMILES string of the molecule is Cl.O=C(c1ccc(OCCN2CCOCC2)cc1)c1c(Cc2ccccc2)nc2[nH]ccn2c1=O. The van der Waals surface area contributed by atoms with Crippen molar-refractivity contribution in [2.45, 2.75) is 6.42 Å². The van der Waals surface area contributed by atoms with E-state index in [4.69, 9.17) is 9.47 Å². The van der Waals surface area contributed by atoms with Crippen molar-refractivity contribution < 1.29 is 14.3 Å². The minimum atomic E-state index is -0.381. The molecule has 4 aromatic rings. The average molecular weight is 495 g/mol. The molecule has 0 spiro atoms. The largest absolute Gasteiger partial charge is 0.492 e. The van der Waals surface area contributed by atoms with Gasteiger partial charge in [-0.3, -0.25) is 18.9 Å². The molecule has 0 atom stereocenters. The zero-order valence-corrected chi connectivity index (χ0v) is 20.0. The Morgan fingerprint density at radius 2 is 1.80 bits per heavy atom. The molecule has 1 fully saturated rings. The highest BCUT2D eigenvalue weighted by molar-refractivity contribution is 6.09. The Balaban J connectivity index is 0.00000289. The van der Waals surface area contributed by atoms with Gasteiger partial charge in [-0.15, -0.1) is 12.4 Å². The fourth-order valence-corrected chi connectivity index (χ4v) is 4.11. The van der Waals surface area contributed by atoms with E-state index >= 15 is 0 Å². The van der Waals surface area contributed by atoms with Crippen molar-refractivity contribution in [3.63, 3.8) is 0 Å². The lowest BCUT2D eigenvalue weighted by atomic mass is 9.99. The highest BCUT2D eigenvalue weighted by Gasteiger charge is 2.22. The summed E-state index contributed by atoms with van der Waals surface area (Å²) in [5, 5.41) is 0. The fraction of sp³-hybridized carbons (Fsp3) is 0.269. The number of rotatable bonds is 8. The Kier molecular flexibility index (Phi) is 7.97. The summed E-state index contributed by atoms with van der Waals surface area (Å²) in [7, 11) is 0. The number of fused-ring (bicyclic) bond motifs is 1. The molecular weight excluding hydrogens is 468 g/mol. The zero-order valence-electron chi connectivity index (χ0n) is 19.2. The smallest absolute Gasteiger partial charge is 0.270 e. The molecule has 8 nitrogen and oxygen atoms in total. The van der Waals surface area contributed by atoms with Gasteiger partial charge >= 0.3 is 0 Å². The van der Waals surface area contributed by atoms with Gasteiger partial charge in [0.1, 0.15) is 17.9 Å². The summed E-state index contributed by atoms with van der Waals surface area (Å²) in [6.07, 6.45) is 3.60. The number of ketones is 1. The van der Waals surface area contributed by atoms with Gasteiger partial charge in [0.2, 0.25) is 5.78 Å². The van der Waals surface area contributed by atoms with E-state index in [1.54, 1.807) is 36.7 Å². The standard InChI is InChI=1S/C26H26N4O4.ClH/c31-24(20-6-8-21(9-7-20)34-17-14-29-12-15-33-16-13-29)23-22(18-19-4-2-1-3-5-19)28-26-27-10-11-30(26)25(23)32;/h1-11H,12-18H2,(H,27,28);1H. The highest BCUT2D eigenvalue weighted by Crippen LogP contribution is 2.18. The first kappa shape index (κ1) is 24.7. The quantitative estimate of drug-likeness (QED) is 0.379. The van der Waals surface area contributed by atoms with Crippen LogP contribution in [0, 0.1) is 0 Å². The third-order valence-corrected chi connectivity index (χ3v) is 5.96. The number of morpholine rings is 1. The van der Waals surface area contributed by atoms with E-state index in [-0.39, 0.29) is 29.3 Å². The fourth-order valence-electron chi connectivity index (χ4n) is 4.11. The number of nitrogens with zero attached hydrogens (tertiary/aromatic N) is 3. The lowest BCUT2D eigenvalue weighted by molar-refractivity contribution is 0.0322. The summed E-state index contributed by atoms with van der Waals surface area (Å²) in [6.45, 7) is 4.73. The number of aromatic nitrogens is 3. The van der Waals surface area contributed by atoms with Crippen molar-refractivity contribution in [2.24, 2.45) is 0 Å². The number of H-pyrrole nitrogens is 1. The summed E-state index contributed by atoms with van der Waals surface area (Å²) < 4.78 is 12.6. The summed E-state index contributed by atoms with van der Waals surface area (Å²) in [4.78, 5) is 36.5. The number of benzene rings is 2. The van der Waals surface area contributed by atoms with Crippen molar-refractivity contribution in [2.75, 3.05) is 39.5 Å². The average Bonchev–Trinajstić information content (AvgIpc) is 3.35. The number of ether oxygens (including phenoxy) is 2. The minimum absolute atomic E-state index is 0. The van der Waals surface area contributed by atoms with Crippen LogP contribution in [0.2, 0.25) is 0 Å². The Morgan fingerprint density at radius 1 is 1.06 bits per heavy atom. The first-order valence-electron chi connectivity index (χ1n) is 11.4. The molecular formula is C26H27ClN4O4. The molecule has 1 N–H and O–H groups in total. The van der Waals surface area contributed by atoms with E-state index < -0.39 is 0 Å². The van der Waals surface area contributed by atoms with E-state index in [1.807, 2.05) is 30.3 Å². The molecule has 1 aliphatic rings. The van der Waals surface area contributed by atoms with Crippen LogP contribution in [0.4, 0.5) is 0 Å². The predicted molar refractivity (Wildman–Crippen MR) is 135 cm³/mol. The van der Waals surface area contributed by atoms with Crippen LogP contribution in [-0.2, 0) is 11.2 Å². The third-order valence-electron chi connectivity index (χ3n) is 5.96. The lowest BCUT2D eigenvalue weighted by Crippen LogP contribution is -2.38. The maximum absolute atomic E-state index is 13.5. The van der Waals surface area contributed by atoms with Crippen molar-refractivity contribution in [3.8, 4) is 5.75 Å². The number of hydrogen-bond donors (Lipinski definition) is 1. The van der Waals surface area contributed by atoms with Crippen molar-refractivity contribution in [3.05, 3.63) is 99.7 Å². The number of aromatic amines is 1. The first-order chi connectivity index (χ1) is 16.7. The maximum atomic E-state index is 13.5. The van der Waals surface area contributed by atoms with Gasteiger partial charge in [0.15, 0.2) is 5.78 Å². The van der Waals surface area contributed by atoms with Gasteiger partial charge in [-0.05, 0) is 29.8 Å². The molecule has 0 saturated carbocycles. The molecule has 9 heteroatoms. The topological polar surface area (TPSA) is 88.9 Å². The maximum Gasteiger partial charge on any atom is 0.270 e. The number of carbonyl (C=O) groups excluding carboxylic acids is 1. The number of carbonyl (C=O) groups is 1. The van der Waals surface area contributed by atoms with Crippen LogP contribution >= 0.6 is 12.4 Å². The molecule has 0 unspecified atom stereocenters. The predicted octanol–water partition coefficient (Wildman–Crippen LogP) is 2.98. The summed E-state index contributed by atoms with van der Waals surface area (Å²) in [6, 6.07) is 16.6. The van der Waals surface area contributed by atoms with Gasteiger partial charge in [0, 0.05) is 44.0 Å². The number of imidazole rings is 1. The first-order valence-corrected chi connectivity index (χ1v) is 11.4. The molecule has 0 amide bonds. The van der Waals surface area contributed by atoms with Gasteiger partial charge in [0.05, 0.1) is 18.9 Å². The molecule has 1 aliphatic heterocycles. The number of hydrogen-bond acceptors (Lipinski definition) is 6. The number of halogens is 1. The van der Waals surface area contributed by atoms with Crippen molar-refractivity contribution >= 4 is 24.0 Å². The Morgan fingerprint density at radius 3 is 2.54 bits per heavy atom. The second-order valence-electron chi connectivity index (χ2n) is 8.21. The second-order valence-corrected chi connectivity index (χ2v) is 8.21. The lowest BCUT2D eigenvalue weighted by Gasteiger charge is -2.26. The van der Waals surface area contributed by atoms with E-state index in [0.29, 0.717) is 35.8 Å². The molecule has 3 heterocycles. The van der Waals surface area contributed by atoms with Crippen LogP contribution in [0.1, 0.15) is 27.2 Å². The van der Waals surface area contributed by atoms with Gasteiger partial charge in [0.25, 0.3) is 5.56 Å². The molecule has 1 saturated heterocycles. The second kappa shape index (κ2) is 11.3. The Hall–Kier alpha value is -3.46. The highest BCUT2D eigenvalue weighted by atomic mass is 35.5. The molecule has 2 aromatic heterocycles. The van der Waals surface area contributed by atoms with Gasteiger partial charge in [-0.1, -0.05) is 30.3 Å². The van der Waals surface area contributed by atoms with Gasteiger partial charge < -0.3 is 14.5 Å². The van der Waals surface area contributed by atoms with Crippen LogP contribution < -0.4 is 10.3 Å². The van der Waals surface area contributed by atoms with Crippen molar-refractivity contribution in [1.29, 1.82) is 0 Å². The normalized spacial score (nSPS) is 13.9. The van der Waals surface area contributed by atoms with Crippen molar-refractivity contribution in [1.82, 2.24) is 19.3 Å². The molecule has 0 bridgehead atoms. The van der Waals surface area contributed by atoms with Crippen LogP contribution in [0.25, 0.3) is 5.78 Å². The Labute approximate surface area is 208 Å².